The molecule has 1 N–H and O–H groups in total. The molecule has 0 heterocycles. The van der Waals surface area contributed by atoms with Gasteiger partial charge in [-0.15, -0.1) is 11.8 Å². The molecule has 0 aliphatic rings. The fourth-order valence-corrected chi connectivity index (χ4v) is 2.47. The molecular weight excluding hydrogens is 211 g/mol. The second-order valence-corrected chi connectivity index (χ2v) is 5.60. The molecule has 1 aromatic rings. The first kappa shape index (κ1) is 12.5. The van der Waals surface area contributed by atoms with E-state index < -0.39 is 6.10 Å². The van der Waals surface area contributed by atoms with Crippen molar-refractivity contribution in [3.63, 3.8) is 0 Å². The van der Waals surface area contributed by atoms with E-state index in [0.717, 1.165) is 4.90 Å². The van der Waals surface area contributed by atoms with Gasteiger partial charge >= 0.3 is 0 Å². The van der Waals surface area contributed by atoms with Crippen LogP contribution in [-0.2, 0) is 0 Å². The van der Waals surface area contributed by atoms with Crippen molar-refractivity contribution in [1.29, 1.82) is 0 Å². The lowest BCUT2D eigenvalue weighted by Crippen LogP contribution is -1.99. The molecule has 0 aliphatic carbocycles. The molecule has 0 bridgehead atoms. The molecule has 0 radical (unpaired) electrons. The van der Waals surface area contributed by atoms with Gasteiger partial charge in [0.15, 0.2) is 0 Å². The number of aliphatic hydroxyl groups is 1. The fourth-order valence-electron chi connectivity index (χ4n) is 1.35. The minimum atomic E-state index is -0.624. The molecule has 0 aliphatic heterocycles. The number of hydrogen-bond acceptors (Lipinski definition) is 2. The standard InChI is InChI=1S/C12H17FOS/c1-7(2)15-12-5-8(3)11(13)6-10(12)9(4)14/h5-7,9,14H,1-4H3/t9-/m1/s1. The zero-order chi connectivity index (χ0) is 11.6. The van der Waals surface area contributed by atoms with E-state index in [9.17, 15) is 9.50 Å². The van der Waals surface area contributed by atoms with Crippen LogP contribution >= 0.6 is 11.8 Å². The summed E-state index contributed by atoms with van der Waals surface area (Å²) in [5.41, 5.74) is 1.30. The van der Waals surface area contributed by atoms with Crippen LogP contribution in [0.4, 0.5) is 4.39 Å². The Bertz CT molecular complexity index is 348. The molecule has 0 unspecified atom stereocenters. The van der Waals surface area contributed by atoms with E-state index >= 15 is 0 Å². The Morgan fingerprint density at radius 2 is 1.87 bits per heavy atom. The number of rotatable bonds is 3. The Hall–Kier alpha value is -0.540. The van der Waals surface area contributed by atoms with E-state index in [1.807, 2.05) is 6.07 Å². The van der Waals surface area contributed by atoms with Gasteiger partial charge in [0.1, 0.15) is 5.82 Å². The van der Waals surface area contributed by atoms with E-state index in [-0.39, 0.29) is 5.82 Å². The third-order valence-corrected chi connectivity index (χ3v) is 3.18. The van der Waals surface area contributed by atoms with Crippen molar-refractivity contribution in [3.8, 4) is 0 Å². The molecule has 0 saturated carbocycles. The third kappa shape index (κ3) is 3.21. The minimum absolute atomic E-state index is 0.251. The zero-order valence-corrected chi connectivity index (χ0v) is 10.4. The molecule has 1 nitrogen and oxygen atoms in total. The van der Waals surface area contributed by atoms with E-state index in [4.69, 9.17) is 0 Å². The van der Waals surface area contributed by atoms with Crippen LogP contribution in [0, 0.1) is 12.7 Å². The Kier molecular flexibility index (Phi) is 4.17. The number of halogens is 1. The highest BCUT2D eigenvalue weighted by Gasteiger charge is 2.13. The van der Waals surface area contributed by atoms with Crippen LogP contribution in [0.2, 0.25) is 0 Å². The van der Waals surface area contributed by atoms with Crippen LogP contribution in [0.3, 0.4) is 0 Å². The Morgan fingerprint density at radius 1 is 1.27 bits per heavy atom. The molecule has 3 heteroatoms. The van der Waals surface area contributed by atoms with Crippen molar-refractivity contribution in [2.45, 2.75) is 43.9 Å². The van der Waals surface area contributed by atoms with Crippen LogP contribution in [-0.4, -0.2) is 10.4 Å². The lowest BCUT2D eigenvalue weighted by atomic mass is 10.1. The zero-order valence-electron chi connectivity index (χ0n) is 9.54. The molecule has 0 aromatic heterocycles. The van der Waals surface area contributed by atoms with Gasteiger partial charge in [0.2, 0.25) is 0 Å². The van der Waals surface area contributed by atoms with Gasteiger partial charge in [-0.25, -0.2) is 4.39 Å². The van der Waals surface area contributed by atoms with Gasteiger partial charge in [-0.2, -0.15) is 0 Å². The van der Waals surface area contributed by atoms with E-state index in [1.54, 1.807) is 25.6 Å². The van der Waals surface area contributed by atoms with Gasteiger partial charge in [0.25, 0.3) is 0 Å². The van der Waals surface area contributed by atoms with Crippen LogP contribution < -0.4 is 0 Å². The van der Waals surface area contributed by atoms with Crippen molar-refractivity contribution >= 4 is 11.8 Å². The predicted molar refractivity (Wildman–Crippen MR) is 62.8 cm³/mol. The first-order valence-electron chi connectivity index (χ1n) is 5.06. The second kappa shape index (κ2) is 4.99. The van der Waals surface area contributed by atoms with Gasteiger partial charge < -0.3 is 5.11 Å². The number of aryl methyl sites for hydroxylation is 1. The van der Waals surface area contributed by atoms with Crippen LogP contribution in [0.1, 0.15) is 38.0 Å². The Balaban J connectivity index is 3.16. The van der Waals surface area contributed by atoms with Crippen LogP contribution in [0.5, 0.6) is 0 Å². The summed E-state index contributed by atoms with van der Waals surface area (Å²) in [6.45, 7) is 7.56. The maximum atomic E-state index is 13.3. The summed E-state index contributed by atoms with van der Waals surface area (Å²) in [7, 11) is 0. The molecule has 0 fully saturated rings. The normalized spacial score (nSPS) is 13.3. The highest BCUT2D eigenvalue weighted by Crippen LogP contribution is 2.32. The maximum Gasteiger partial charge on any atom is 0.126 e. The van der Waals surface area contributed by atoms with Gasteiger partial charge in [-0.1, -0.05) is 13.8 Å². The highest BCUT2D eigenvalue weighted by atomic mass is 32.2. The molecule has 1 rings (SSSR count). The summed E-state index contributed by atoms with van der Waals surface area (Å²) in [5, 5.41) is 9.98. The number of hydrogen-bond donors (Lipinski definition) is 1. The average Bonchev–Trinajstić information content (AvgIpc) is 2.09. The Morgan fingerprint density at radius 3 is 2.33 bits per heavy atom. The molecule has 0 amide bonds. The summed E-state index contributed by atoms with van der Waals surface area (Å²) < 4.78 is 13.3. The lowest BCUT2D eigenvalue weighted by molar-refractivity contribution is 0.196. The molecule has 84 valence electrons. The maximum absolute atomic E-state index is 13.3. The largest absolute Gasteiger partial charge is 0.389 e. The first-order chi connectivity index (χ1) is 6.91. The average molecular weight is 228 g/mol. The summed E-state index contributed by atoms with van der Waals surface area (Å²) >= 11 is 1.65. The minimum Gasteiger partial charge on any atom is -0.389 e. The van der Waals surface area contributed by atoms with Crippen molar-refractivity contribution in [2.75, 3.05) is 0 Å². The third-order valence-electron chi connectivity index (χ3n) is 2.10. The predicted octanol–water partition coefficient (Wildman–Crippen LogP) is 3.69. The molecule has 1 aromatic carbocycles. The van der Waals surface area contributed by atoms with Crippen molar-refractivity contribution in [1.82, 2.24) is 0 Å². The first-order valence-corrected chi connectivity index (χ1v) is 5.94. The van der Waals surface area contributed by atoms with Crippen molar-refractivity contribution in [3.05, 3.63) is 29.1 Å². The van der Waals surface area contributed by atoms with Gasteiger partial charge in [0.05, 0.1) is 6.10 Å². The highest BCUT2D eigenvalue weighted by molar-refractivity contribution is 8.00. The van der Waals surface area contributed by atoms with E-state index in [1.165, 1.54) is 6.07 Å². The van der Waals surface area contributed by atoms with Crippen molar-refractivity contribution < 1.29 is 9.50 Å². The quantitative estimate of drug-likeness (QED) is 0.796. The second-order valence-electron chi connectivity index (χ2n) is 3.98. The molecular formula is C12H17FOS. The smallest absolute Gasteiger partial charge is 0.126 e. The van der Waals surface area contributed by atoms with Crippen molar-refractivity contribution in [2.24, 2.45) is 0 Å². The van der Waals surface area contributed by atoms with Gasteiger partial charge in [0, 0.05) is 10.1 Å². The summed E-state index contributed by atoms with van der Waals surface area (Å²) in [5.74, 6) is -0.251. The fraction of sp³-hybridized carbons (Fsp3) is 0.500. The molecule has 15 heavy (non-hydrogen) atoms. The summed E-state index contributed by atoms with van der Waals surface area (Å²) in [6.07, 6.45) is -0.624. The van der Waals surface area contributed by atoms with Gasteiger partial charge in [-0.05, 0) is 37.1 Å². The monoisotopic (exact) mass is 228 g/mol. The number of benzene rings is 1. The van der Waals surface area contributed by atoms with Crippen LogP contribution in [0.15, 0.2) is 17.0 Å². The number of thioether (sulfide) groups is 1. The molecule has 0 spiro atoms. The summed E-state index contributed by atoms with van der Waals surface area (Å²) in [4.78, 5) is 0.971. The molecule has 1 atom stereocenters. The van der Waals surface area contributed by atoms with E-state index in [2.05, 4.69) is 13.8 Å². The number of aliphatic hydroxyl groups excluding tert-OH is 1. The van der Waals surface area contributed by atoms with Gasteiger partial charge in [-0.3, -0.25) is 0 Å². The Labute approximate surface area is 94.7 Å². The molecule has 0 saturated heterocycles. The van der Waals surface area contributed by atoms with E-state index in [0.29, 0.717) is 16.4 Å². The van der Waals surface area contributed by atoms with Crippen LogP contribution in [0.25, 0.3) is 0 Å². The topological polar surface area (TPSA) is 20.2 Å². The SMILES string of the molecule is Cc1cc(SC(C)C)c([C@@H](C)O)cc1F. The lowest BCUT2D eigenvalue weighted by Gasteiger charge is -2.14. The summed E-state index contributed by atoms with van der Waals surface area (Å²) in [6, 6.07) is 3.24.